The minimum Gasteiger partial charge on any atom is -0.351 e. The van der Waals surface area contributed by atoms with Crippen LogP contribution in [0.5, 0.6) is 0 Å². The van der Waals surface area contributed by atoms with Crippen LogP contribution in [0.4, 0.5) is 5.82 Å². The molecule has 5 heteroatoms. The maximum absolute atomic E-state index is 6.13. The van der Waals surface area contributed by atoms with Crippen LogP contribution < -0.4 is 4.90 Å². The maximum Gasteiger partial charge on any atom is 0.135 e. The zero-order valence-corrected chi connectivity index (χ0v) is 12.2. The van der Waals surface area contributed by atoms with E-state index in [4.69, 9.17) is 11.6 Å². The van der Waals surface area contributed by atoms with E-state index in [1.807, 2.05) is 30.5 Å². The molecule has 0 unspecified atom stereocenters. The van der Waals surface area contributed by atoms with Crippen LogP contribution in [-0.2, 0) is 6.54 Å². The van der Waals surface area contributed by atoms with E-state index >= 15 is 0 Å². The third kappa shape index (κ3) is 3.07. The van der Waals surface area contributed by atoms with Crippen LogP contribution in [0.1, 0.15) is 37.2 Å². The Morgan fingerprint density at radius 1 is 1.30 bits per heavy atom. The maximum atomic E-state index is 6.13. The first-order valence-corrected chi connectivity index (χ1v) is 7.33. The van der Waals surface area contributed by atoms with Gasteiger partial charge in [-0.15, -0.1) is 0 Å². The fraction of sp³-hybridized carbons (Fsp3) is 0.400. The molecule has 0 N–H and O–H groups in total. The lowest BCUT2D eigenvalue weighted by Crippen LogP contribution is -2.24. The van der Waals surface area contributed by atoms with Crippen molar-refractivity contribution in [1.82, 2.24) is 15.0 Å². The van der Waals surface area contributed by atoms with Gasteiger partial charge in [0.25, 0.3) is 0 Å². The van der Waals surface area contributed by atoms with Crippen LogP contribution in [0.2, 0.25) is 5.15 Å². The third-order valence-electron chi connectivity index (χ3n) is 3.43. The van der Waals surface area contributed by atoms with E-state index in [9.17, 15) is 0 Å². The van der Waals surface area contributed by atoms with E-state index in [0.717, 1.165) is 30.4 Å². The van der Waals surface area contributed by atoms with Crippen LogP contribution in [0.25, 0.3) is 0 Å². The summed E-state index contributed by atoms with van der Waals surface area (Å²) < 4.78 is 0. The zero-order chi connectivity index (χ0) is 13.9. The summed E-state index contributed by atoms with van der Waals surface area (Å²) in [6.45, 7) is 3.69. The van der Waals surface area contributed by atoms with Crippen molar-refractivity contribution in [2.75, 3.05) is 11.4 Å². The average Bonchev–Trinajstić information content (AvgIpc) is 3.30. The van der Waals surface area contributed by atoms with Crippen LogP contribution in [0.3, 0.4) is 0 Å². The molecule has 0 bridgehead atoms. The quantitative estimate of drug-likeness (QED) is 0.791. The van der Waals surface area contributed by atoms with E-state index in [2.05, 4.69) is 26.8 Å². The van der Waals surface area contributed by atoms with Gasteiger partial charge in [0, 0.05) is 24.7 Å². The lowest BCUT2D eigenvalue weighted by Gasteiger charge is -2.22. The molecule has 1 aliphatic rings. The van der Waals surface area contributed by atoms with Gasteiger partial charge in [0.05, 0.1) is 12.2 Å². The molecular weight excluding hydrogens is 272 g/mol. The molecule has 2 aromatic heterocycles. The molecule has 0 atom stereocenters. The van der Waals surface area contributed by atoms with E-state index in [-0.39, 0.29) is 0 Å². The summed E-state index contributed by atoms with van der Waals surface area (Å²) >= 11 is 6.13. The first-order chi connectivity index (χ1) is 9.76. The molecule has 0 amide bonds. The fourth-order valence-electron chi connectivity index (χ4n) is 2.15. The summed E-state index contributed by atoms with van der Waals surface area (Å²) in [6, 6.07) is 7.78. The van der Waals surface area contributed by atoms with Crippen LogP contribution >= 0.6 is 11.6 Å². The Morgan fingerprint density at radius 2 is 2.15 bits per heavy atom. The van der Waals surface area contributed by atoms with E-state index in [0.29, 0.717) is 11.1 Å². The molecule has 3 rings (SSSR count). The van der Waals surface area contributed by atoms with Crippen molar-refractivity contribution in [3.8, 4) is 0 Å². The second-order valence-corrected chi connectivity index (χ2v) is 5.40. The van der Waals surface area contributed by atoms with Crippen LogP contribution in [-0.4, -0.2) is 21.5 Å². The number of rotatable bonds is 5. The molecule has 1 aliphatic carbocycles. The smallest absolute Gasteiger partial charge is 0.135 e. The molecule has 20 heavy (non-hydrogen) atoms. The van der Waals surface area contributed by atoms with Gasteiger partial charge >= 0.3 is 0 Å². The minimum atomic E-state index is 0.501. The molecule has 0 radical (unpaired) electrons. The molecule has 0 spiro atoms. The van der Waals surface area contributed by atoms with Gasteiger partial charge in [-0.3, -0.25) is 4.98 Å². The predicted molar refractivity (Wildman–Crippen MR) is 80.0 cm³/mol. The number of aromatic nitrogens is 3. The SMILES string of the molecule is CCN(Cc1ccccn1)c1cc(Cl)nc(C2CC2)n1. The fourth-order valence-corrected chi connectivity index (χ4v) is 2.34. The highest BCUT2D eigenvalue weighted by molar-refractivity contribution is 6.29. The Kier molecular flexibility index (Phi) is 3.83. The van der Waals surface area contributed by atoms with Crippen molar-refractivity contribution < 1.29 is 0 Å². The van der Waals surface area contributed by atoms with Crippen LogP contribution in [0.15, 0.2) is 30.5 Å². The predicted octanol–water partition coefficient (Wildman–Crippen LogP) is 3.43. The Labute approximate surface area is 123 Å². The number of hydrogen-bond donors (Lipinski definition) is 0. The Hall–Kier alpha value is -1.68. The summed E-state index contributed by atoms with van der Waals surface area (Å²) in [5.41, 5.74) is 1.03. The minimum absolute atomic E-state index is 0.501. The number of anilines is 1. The summed E-state index contributed by atoms with van der Waals surface area (Å²) in [4.78, 5) is 15.5. The lowest BCUT2D eigenvalue weighted by atomic mass is 10.3. The number of halogens is 1. The zero-order valence-electron chi connectivity index (χ0n) is 11.5. The van der Waals surface area contributed by atoms with Gasteiger partial charge in [-0.2, -0.15) is 0 Å². The average molecular weight is 289 g/mol. The topological polar surface area (TPSA) is 41.9 Å². The summed E-state index contributed by atoms with van der Waals surface area (Å²) in [7, 11) is 0. The van der Waals surface area contributed by atoms with Gasteiger partial charge < -0.3 is 4.90 Å². The Morgan fingerprint density at radius 3 is 2.80 bits per heavy atom. The molecule has 2 heterocycles. The molecule has 2 aromatic rings. The molecule has 0 aromatic carbocycles. The number of nitrogens with zero attached hydrogens (tertiary/aromatic N) is 4. The molecule has 104 valence electrons. The van der Waals surface area contributed by atoms with Crippen molar-refractivity contribution in [3.63, 3.8) is 0 Å². The lowest BCUT2D eigenvalue weighted by molar-refractivity contribution is 0.779. The van der Waals surface area contributed by atoms with Gasteiger partial charge in [0.15, 0.2) is 0 Å². The summed E-state index contributed by atoms with van der Waals surface area (Å²) in [5, 5.41) is 0.524. The molecule has 1 fully saturated rings. The Bertz CT molecular complexity index is 584. The molecule has 0 saturated heterocycles. The molecule has 1 saturated carbocycles. The van der Waals surface area contributed by atoms with Gasteiger partial charge in [-0.25, -0.2) is 9.97 Å². The highest BCUT2D eigenvalue weighted by Gasteiger charge is 2.27. The molecule has 0 aliphatic heterocycles. The highest BCUT2D eigenvalue weighted by Crippen LogP contribution is 2.39. The normalized spacial score (nSPS) is 14.3. The molecule has 4 nitrogen and oxygen atoms in total. The summed E-state index contributed by atoms with van der Waals surface area (Å²) in [6.07, 6.45) is 4.16. The van der Waals surface area contributed by atoms with Gasteiger partial charge in [0.1, 0.15) is 16.8 Å². The van der Waals surface area contributed by atoms with Gasteiger partial charge in [0.2, 0.25) is 0 Å². The second kappa shape index (κ2) is 5.75. The molecular formula is C15H17ClN4. The van der Waals surface area contributed by atoms with Crippen molar-refractivity contribution in [2.24, 2.45) is 0 Å². The van der Waals surface area contributed by atoms with Gasteiger partial charge in [-0.1, -0.05) is 17.7 Å². The van der Waals surface area contributed by atoms with Crippen molar-refractivity contribution >= 4 is 17.4 Å². The monoisotopic (exact) mass is 288 g/mol. The van der Waals surface area contributed by atoms with Crippen molar-refractivity contribution in [2.45, 2.75) is 32.2 Å². The second-order valence-electron chi connectivity index (χ2n) is 5.02. The number of pyridine rings is 1. The van der Waals surface area contributed by atoms with Crippen LogP contribution in [0, 0.1) is 0 Å². The highest BCUT2D eigenvalue weighted by atomic mass is 35.5. The Balaban J connectivity index is 1.85. The standard InChI is InChI=1S/C15H17ClN4/c1-2-20(10-12-5-3-4-8-17-12)14-9-13(16)18-15(19-14)11-6-7-11/h3-5,8-9,11H,2,6-7,10H2,1H3. The van der Waals surface area contributed by atoms with Gasteiger partial charge in [-0.05, 0) is 31.9 Å². The third-order valence-corrected chi connectivity index (χ3v) is 3.62. The first-order valence-electron chi connectivity index (χ1n) is 6.95. The van der Waals surface area contributed by atoms with Crippen molar-refractivity contribution in [1.29, 1.82) is 0 Å². The van der Waals surface area contributed by atoms with Crippen molar-refractivity contribution in [3.05, 3.63) is 47.1 Å². The van der Waals surface area contributed by atoms with E-state index < -0.39 is 0 Å². The largest absolute Gasteiger partial charge is 0.351 e. The van der Waals surface area contributed by atoms with E-state index in [1.54, 1.807) is 0 Å². The first kappa shape index (κ1) is 13.3. The van der Waals surface area contributed by atoms with E-state index in [1.165, 1.54) is 12.8 Å². The summed E-state index contributed by atoms with van der Waals surface area (Å²) in [5.74, 6) is 2.27. The number of hydrogen-bond acceptors (Lipinski definition) is 4.